The number of aromatic hydroxyl groups is 1. The number of nitrogens with one attached hydrogen (secondary N) is 1. The van der Waals surface area contributed by atoms with Gasteiger partial charge in [-0.1, -0.05) is 26.0 Å². The Morgan fingerprint density at radius 1 is 1.30 bits per heavy atom. The van der Waals surface area contributed by atoms with Crippen LogP contribution < -0.4 is 10.1 Å². The van der Waals surface area contributed by atoms with Crippen LogP contribution in [0.5, 0.6) is 11.5 Å². The molecule has 6 heteroatoms. The van der Waals surface area contributed by atoms with Gasteiger partial charge in [0.25, 0.3) is 5.91 Å². The summed E-state index contributed by atoms with van der Waals surface area (Å²) >= 11 is 0. The Hall–Kier alpha value is -2.24. The van der Waals surface area contributed by atoms with E-state index in [1.165, 1.54) is 13.2 Å². The fraction of sp³-hybridized carbons (Fsp3) is 0.429. The topological polar surface area (TPSA) is 84.9 Å². The van der Waals surface area contributed by atoms with E-state index < -0.39 is 17.9 Å². The van der Waals surface area contributed by atoms with E-state index >= 15 is 0 Å². The van der Waals surface area contributed by atoms with Gasteiger partial charge in [0.15, 0.2) is 18.1 Å². The fourth-order valence-electron chi connectivity index (χ4n) is 1.56. The summed E-state index contributed by atoms with van der Waals surface area (Å²) in [6, 6.07) is 5.61. The Morgan fingerprint density at radius 2 is 1.95 bits per heavy atom. The Bertz CT molecular complexity index is 472. The molecule has 2 N–H and O–H groups in total. The maximum atomic E-state index is 11.7. The minimum Gasteiger partial charge on any atom is -0.504 e. The number of methoxy groups -OCH3 is 1. The SMILES string of the molecule is COC(=O)C(NC(=O)COc1ccccc1O)C(C)C. The van der Waals surface area contributed by atoms with Crippen LogP contribution >= 0.6 is 0 Å². The molecule has 1 rings (SSSR count). The van der Waals surface area contributed by atoms with E-state index in [-0.39, 0.29) is 24.0 Å². The van der Waals surface area contributed by atoms with Crippen LogP contribution in [-0.4, -0.2) is 36.7 Å². The third-order valence-electron chi connectivity index (χ3n) is 2.66. The van der Waals surface area contributed by atoms with E-state index in [2.05, 4.69) is 10.1 Å². The molecule has 110 valence electrons. The summed E-state index contributed by atoms with van der Waals surface area (Å²) in [6.07, 6.45) is 0. The van der Waals surface area contributed by atoms with E-state index in [1.807, 2.05) is 0 Å². The van der Waals surface area contributed by atoms with Gasteiger partial charge in [0, 0.05) is 0 Å². The van der Waals surface area contributed by atoms with Gasteiger partial charge in [-0.05, 0) is 18.1 Å². The van der Waals surface area contributed by atoms with Crippen LogP contribution in [-0.2, 0) is 14.3 Å². The smallest absolute Gasteiger partial charge is 0.328 e. The summed E-state index contributed by atoms with van der Waals surface area (Å²) in [4.78, 5) is 23.2. The average molecular weight is 281 g/mol. The number of benzene rings is 1. The predicted molar refractivity (Wildman–Crippen MR) is 72.4 cm³/mol. The molecule has 0 fully saturated rings. The maximum absolute atomic E-state index is 11.7. The lowest BCUT2D eigenvalue weighted by atomic mass is 10.0. The lowest BCUT2D eigenvalue weighted by Gasteiger charge is -2.19. The summed E-state index contributed by atoms with van der Waals surface area (Å²) in [5.74, 6) is -0.903. The molecule has 0 aliphatic rings. The van der Waals surface area contributed by atoms with E-state index in [9.17, 15) is 14.7 Å². The second-order valence-electron chi connectivity index (χ2n) is 4.57. The van der Waals surface area contributed by atoms with Gasteiger partial charge in [-0.2, -0.15) is 0 Å². The second kappa shape index (κ2) is 7.37. The Kier molecular flexibility index (Phi) is 5.83. The average Bonchev–Trinajstić information content (AvgIpc) is 2.42. The number of esters is 1. The van der Waals surface area contributed by atoms with Gasteiger partial charge >= 0.3 is 5.97 Å². The molecule has 0 radical (unpaired) electrons. The Balaban J connectivity index is 2.55. The molecule has 1 amide bonds. The zero-order chi connectivity index (χ0) is 15.1. The van der Waals surface area contributed by atoms with Gasteiger partial charge in [0.1, 0.15) is 6.04 Å². The van der Waals surface area contributed by atoms with Crippen LogP contribution in [0.25, 0.3) is 0 Å². The molecule has 0 saturated heterocycles. The highest BCUT2D eigenvalue weighted by Gasteiger charge is 2.24. The molecule has 0 saturated carbocycles. The number of phenolic OH excluding ortho intramolecular Hbond substituents is 1. The predicted octanol–water partition coefficient (Wildman–Crippen LogP) is 1.08. The molecule has 6 nitrogen and oxygen atoms in total. The summed E-state index contributed by atoms with van der Waals surface area (Å²) < 4.78 is 9.80. The van der Waals surface area contributed by atoms with Crippen LogP contribution in [0.4, 0.5) is 0 Å². The highest BCUT2D eigenvalue weighted by Crippen LogP contribution is 2.23. The van der Waals surface area contributed by atoms with Crippen molar-refractivity contribution in [3.05, 3.63) is 24.3 Å². The number of hydrogen-bond donors (Lipinski definition) is 2. The monoisotopic (exact) mass is 281 g/mol. The second-order valence-corrected chi connectivity index (χ2v) is 4.57. The van der Waals surface area contributed by atoms with Crippen LogP contribution in [0, 0.1) is 5.92 Å². The Morgan fingerprint density at radius 3 is 2.50 bits per heavy atom. The number of phenols is 1. The highest BCUT2D eigenvalue weighted by atomic mass is 16.5. The molecular formula is C14H19NO5. The van der Waals surface area contributed by atoms with E-state index in [1.54, 1.807) is 32.0 Å². The van der Waals surface area contributed by atoms with Crippen LogP contribution in [0.1, 0.15) is 13.8 Å². The molecule has 0 aliphatic carbocycles. The molecule has 1 unspecified atom stereocenters. The summed E-state index contributed by atoms with van der Waals surface area (Å²) in [7, 11) is 1.27. The molecule has 0 aromatic heterocycles. The van der Waals surface area contributed by atoms with Gasteiger partial charge in [-0.25, -0.2) is 4.79 Å². The third-order valence-corrected chi connectivity index (χ3v) is 2.66. The number of hydrogen-bond acceptors (Lipinski definition) is 5. The van der Waals surface area contributed by atoms with Crippen molar-refractivity contribution in [2.45, 2.75) is 19.9 Å². The molecule has 1 atom stereocenters. The highest BCUT2D eigenvalue weighted by molar-refractivity contribution is 5.85. The van der Waals surface area contributed by atoms with Gasteiger partial charge in [-0.15, -0.1) is 0 Å². The first-order valence-electron chi connectivity index (χ1n) is 6.23. The molecule has 0 heterocycles. The van der Waals surface area contributed by atoms with Gasteiger partial charge in [0.2, 0.25) is 0 Å². The van der Waals surface area contributed by atoms with Crippen LogP contribution in [0.2, 0.25) is 0 Å². The first kappa shape index (κ1) is 15.8. The number of rotatable bonds is 6. The number of carbonyl (C=O) groups is 2. The van der Waals surface area contributed by atoms with Crippen molar-refractivity contribution in [3.63, 3.8) is 0 Å². The van der Waals surface area contributed by atoms with Crippen molar-refractivity contribution in [2.24, 2.45) is 5.92 Å². The largest absolute Gasteiger partial charge is 0.504 e. The molecular weight excluding hydrogens is 262 g/mol. The summed E-state index contributed by atoms with van der Waals surface area (Å²) in [5.41, 5.74) is 0. The van der Waals surface area contributed by atoms with Gasteiger partial charge < -0.3 is 19.9 Å². The van der Waals surface area contributed by atoms with Crippen molar-refractivity contribution in [2.75, 3.05) is 13.7 Å². The quantitative estimate of drug-likeness (QED) is 0.762. The molecule has 20 heavy (non-hydrogen) atoms. The lowest BCUT2D eigenvalue weighted by molar-refractivity contribution is -0.146. The van der Waals surface area contributed by atoms with E-state index in [4.69, 9.17) is 4.74 Å². The standard InChI is InChI=1S/C14H19NO5/c1-9(2)13(14(18)19-3)15-12(17)8-20-11-7-5-4-6-10(11)16/h4-7,9,13,16H,8H2,1-3H3,(H,15,17). The van der Waals surface area contributed by atoms with Crippen LogP contribution in [0.3, 0.4) is 0 Å². The minimum absolute atomic E-state index is 0.0475. The van der Waals surface area contributed by atoms with Crippen molar-refractivity contribution in [1.82, 2.24) is 5.32 Å². The van der Waals surface area contributed by atoms with Crippen molar-refractivity contribution in [1.29, 1.82) is 0 Å². The summed E-state index contributed by atoms with van der Waals surface area (Å²) in [6.45, 7) is 3.30. The number of para-hydroxylation sites is 2. The normalized spacial score (nSPS) is 11.8. The fourth-order valence-corrected chi connectivity index (χ4v) is 1.56. The molecule has 1 aromatic carbocycles. The third kappa shape index (κ3) is 4.46. The minimum atomic E-state index is -0.722. The number of ether oxygens (including phenoxy) is 2. The Labute approximate surface area is 117 Å². The van der Waals surface area contributed by atoms with Gasteiger partial charge in [-0.3, -0.25) is 4.79 Å². The number of carbonyl (C=O) groups excluding carboxylic acids is 2. The summed E-state index contributed by atoms with van der Waals surface area (Å²) in [5, 5.41) is 12.0. The molecule has 0 spiro atoms. The molecule has 0 bridgehead atoms. The zero-order valence-corrected chi connectivity index (χ0v) is 11.8. The van der Waals surface area contributed by atoms with Crippen molar-refractivity contribution < 1.29 is 24.2 Å². The molecule has 1 aromatic rings. The first-order chi connectivity index (χ1) is 9.45. The first-order valence-corrected chi connectivity index (χ1v) is 6.23. The van der Waals surface area contributed by atoms with Gasteiger partial charge in [0.05, 0.1) is 7.11 Å². The van der Waals surface area contributed by atoms with E-state index in [0.29, 0.717) is 0 Å². The zero-order valence-electron chi connectivity index (χ0n) is 11.8. The van der Waals surface area contributed by atoms with Crippen molar-refractivity contribution >= 4 is 11.9 Å². The molecule has 0 aliphatic heterocycles. The van der Waals surface area contributed by atoms with E-state index in [0.717, 1.165) is 0 Å². The van der Waals surface area contributed by atoms with Crippen LogP contribution in [0.15, 0.2) is 24.3 Å². The lowest BCUT2D eigenvalue weighted by Crippen LogP contribution is -2.46. The maximum Gasteiger partial charge on any atom is 0.328 e. The number of amides is 1. The van der Waals surface area contributed by atoms with Crippen molar-refractivity contribution in [3.8, 4) is 11.5 Å².